The molecular weight excluding hydrogens is 200 g/mol. The molecule has 0 aromatic rings. The summed E-state index contributed by atoms with van der Waals surface area (Å²) in [5, 5.41) is 12.0. The molecule has 0 aromatic carbocycles. The molecule has 3 nitrogen and oxygen atoms in total. The van der Waals surface area contributed by atoms with Gasteiger partial charge in [-0.15, -0.1) is 0 Å². The van der Waals surface area contributed by atoms with Crippen molar-refractivity contribution in [1.29, 1.82) is 5.26 Å². The zero-order chi connectivity index (χ0) is 11.3. The molecule has 0 aromatic heterocycles. The van der Waals surface area contributed by atoms with Crippen molar-refractivity contribution in [3.05, 3.63) is 0 Å². The Bertz CT molecular complexity index is 223. The molecule has 0 amide bonds. The second-order valence-electron chi connectivity index (χ2n) is 4.06. The molecule has 0 spiro atoms. The first-order valence-corrected chi connectivity index (χ1v) is 5.24. The predicted molar refractivity (Wildman–Crippen MR) is 53.7 cm³/mol. The molecule has 5 heteroatoms. The van der Waals surface area contributed by atoms with E-state index in [4.69, 9.17) is 5.26 Å². The van der Waals surface area contributed by atoms with Gasteiger partial charge in [-0.05, 0) is 26.3 Å². The van der Waals surface area contributed by atoms with Crippen LogP contribution in [0.25, 0.3) is 0 Å². The van der Waals surface area contributed by atoms with Gasteiger partial charge in [0.2, 0.25) is 0 Å². The summed E-state index contributed by atoms with van der Waals surface area (Å²) in [5.74, 6) is 0. The van der Waals surface area contributed by atoms with Crippen LogP contribution >= 0.6 is 0 Å². The van der Waals surface area contributed by atoms with Gasteiger partial charge in [-0.2, -0.15) is 5.26 Å². The average molecular weight is 217 g/mol. The van der Waals surface area contributed by atoms with Gasteiger partial charge < -0.3 is 4.90 Å². The number of alkyl halides is 2. The fourth-order valence-corrected chi connectivity index (χ4v) is 1.40. The van der Waals surface area contributed by atoms with E-state index >= 15 is 0 Å². The van der Waals surface area contributed by atoms with E-state index in [1.807, 2.05) is 0 Å². The Hall–Kier alpha value is -0.730. The predicted octanol–water partition coefficient (Wildman–Crippen LogP) is 1.22. The third-order valence-electron chi connectivity index (χ3n) is 2.42. The largest absolute Gasteiger partial charge is 0.301 e. The first kappa shape index (κ1) is 12.3. The van der Waals surface area contributed by atoms with Crippen molar-refractivity contribution in [2.45, 2.75) is 37.8 Å². The van der Waals surface area contributed by atoms with Gasteiger partial charge in [-0.25, -0.2) is 8.78 Å². The number of nitriles is 1. The molecule has 1 saturated carbocycles. The molecule has 1 unspecified atom stereocenters. The number of hydrogen-bond donors (Lipinski definition) is 1. The van der Waals surface area contributed by atoms with E-state index in [1.54, 1.807) is 11.9 Å². The molecular formula is C10H17F2N3. The van der Waals surface area contributed by atoms with Crippen molar-refractivity contribution in [3.63, 3.8) is 0 Å². The second-order valence-corrected chi connectivity index (χ2v) is 4.06. The van der Waals surface area contributed by atoms with Crippen molar-refractivity contribution < 1.29 is 8.78 Å². The minimum absolute atomic E-state index is 0.197. The summed E-state index contributed by atoms with van der Waals surface area (Å²) in [7, 11) is 1.65. The van der Waals surface area contributed by atoms with Gasteiger partial charge in [0.15, 0.2) is 0 Å². The van der Waals surface area contributed by atoms with E-state index < -0.39 is 6.43 Å². The Balaban J connectivity index is 2.12. The Morgan fingerprint density at radius 1 is 1.53 bits per heavy atom. The lowest BCUT2D eigenvalue weighted by molar-refractivity contribution is 0.0991. The highest BCUT2D eigenvalue weighted by Gasteiger charge is 2.24. The number of hydrogen-bond acceptors (Lipinski definition) is 3. The molecule has 86 valence electrons. The van der Waals surface area contributed by atoms with Crippen LogP contribution in [0.4, 0.5) is 8.78 Å². The van der Waals surface area contributed by atoms with Gasteiger partial charge in [-0.1, -0.05) is 0 Å². The monoisotopic (exact) mass is 217 g/mol. The molecule has 0 heterocycles. The zero-order valence-electron chi connectivity index (χ0n) is 8.92. The molecule has 15 heavy (non-hydrogen) atoms. The van der Waals surface area contributed by atoms with Crippen LogP contribution in [0, 0.1) is 11.3 Å². The molecule has 1 atom stereocenters. The second kappa shape index (κ2) is 5.99. The van der Waals surface area contributed by atoms with Gasteiger partial charge >= 0.3 is 0 Å². The highest BCUT2D eigenvalue weighted by Crippen LogP contribution is 2.19. The normalized spacial score (nSPS) is 18.1. The van der Waals surface area contributed by atoms with E-state index in [-0.39, 0.29) is 12.6 Å². The smallest absolute Gasteiger partial charge is 0.251 e. The topological polar surface area (TPSA) is 39.1 Å². The van der Waals surface area contributed by atoms with Gasteiger partial charge in [0, 0.05) is 12.6 Å². The number of nitrogens with one attached hydrogen (secondary N) is 1. The zero-order valence-corrected chi connectivity index (χ0v) is 8.92. The van der Waals surface area contributed by atoms with Crippen molar-refractivity contribution in [1.82, 2.24) is 10.2 Å². The van der Waals surface area contributed by atoms with Gasteiger partial charge in [0.1, 0.15) is 0 Å². The summed E-state index contributed by atoms with van der Waals surface area (Å²) in [6.07, 6.45) is 0.568. The quantitative estimate of drug-likeness (QED) is 0.697. The Morgan fingerprint density at radius 2 is 2.20 bits per heavy atom. The van der Waals surface area contributed by atoms with Crippen molar-refractivity contribution in [3.8, 4) is 6.07 Å². The van der Waals surface area contributed by atoms with E-state index in [2.05, 4.69) is 11.4 Å². The minimum Gasteiger partial charge on any atom is -0.301 e. The van der Waals surface area contributed by atoms with Crippen LogP contribution < -0.4 is 5.32 Å². The molecule has 0 saturated heterocycles. The summed E-state index contributed by atoms with van der Waals surface area (Å²) < 4.78 is 24.0. The van der Waals surface area contributed by atoms with Crippen LogP contribution in [-0.2, 0) is 0 Å². The number of nitrogens with zero attached hydrogens (tertiary/aromatic N) is 2. The van der Waals surface area contributed by atoms with Gasteiger partial charge in [-0.3, -0.25) is 5.32 Å². The summed E-state index contributed by atoms with van der Waals surface area (Å²) >= 11 is 0. The van der Waals surface area contributed by atoms with E-state index in [0.717, 1.165) is 12.8 Å². The van der Waals surface area contributed by atoms with Crippen LogP contribution in [0.15, 0.2) is 0 Å². The first-order valence-electron chi connectivity index (χ1n) is 5.24. The summed E-state index contributed by atoms with van der Waals surface area (Å²) in [5.41, 5.74) is 0. The van der Waals surface area contributed by atoms with Crippen LogP contribution in [0.5, 0.6) is 0 Å². The molecule has 1 N–H and O–H groups in total. The number of rotatable bonds is 7. The van der Waals surface area contributed by atoms with E-state index in [9.17, 15) is 8.78 Å². The molecule has 1 rings (SSSR count). The molecule has 0 radical (unpaired) electrons. The fourth-order valence-electron chi connectivity index (χ4n) is 1.40. The van der Waals surface area contributed by atoms with Crippen molar-refractivity contribution in [2.24, 2.45) is 0 Å². The maximum Gasteiger partial charge on any atom is 0.251 e. The maximum absolute atomic E-state index is 12.0. The highest BCUT2D eigenvalue weighted by molar-refractivity contribution is 4.95. The molecule has 0 aliphatic heterocycles. The SMILES string of the molecule is CN(CCC(C#N)NC1CC1)CC(F)F. The van der Waals surface area contributed by atoms with Crippen LogP contribution in [0.3, 0.4) is 0 Å². The van der Waals surface area contributed by atoms with Crippen LogP contribution in [-0.4, -0.2) is 43.5 Å². The molecule has 1 aliphatic carbocycles. The highest BCUT2D eigenvalue weighted by atomic mass is 19.3. The van der Waals surface area contributed by atoms with Crippen LogP contribution in [0.2, 0.25) is 0 Å². The van der Waals surface area contributed by atoms with E-state index in [1.165, 1.54) is 0 Å². The standard InChI is InChI=1S/C10H17F2N3/c1-15(7-10(11)12)5-4-9(6-13)14-8-2-3-8/h8-10,14H,2-5,7H2,1H3. The lowest BCUT2D eigenvalue weighted by atomic mass is 10.2. The Kier molecular flexibility index (Phi) is 4.92. The number of halogens is 2. The lowest BCUT2D eigenvalue weighted by Crippen LogP contribution is -2.34. The van der Waals surface area contributed by atoms with E-state index in [0.29, 0.717) is 19.0 Å². The molecule has 1 aliphatic rings. The third-order valence-corrected chi connectivity index (χ3v) is 2.42. The summed E-state index contributed by atoms with van der Waals surface area (Å²) in [6, 6.07) is 2.44. The fraction of sp³-hybridized carbons (Fsp3) is 0.900. The summed E-state index contributed by atoms with van der Waals surface area (Å²) in [6.45, 7) is 0.309. The van der Waals surface area contributed by atoms with Gasteiger partial charge in [0.25, 0.3) is 6.43 Å². The Labute approximate surface area is 89.1 Å². The molecule has 1 fully saturated rings. The van der Waals surface area contributed by atoms with Crippen molar-refractivity contribution in [2.75, 3.05) is 20.1 Å². The van der Waals surface area contributed by atoms with Crippen LogP contribution in [0.1, 0.15) is 19.3 Å². The summed E-state index contributed by atoms with van der Waals surface area (Å²) in [4.78, 5) is 1.56. The minimum atomic E-state index is -2.30. The molecule has 0 bridgehead atoms. The van der Waals surface area contributed by atoms with Gasteiger partial charge in [0.05, 0.1) is 18.7 Å². The maximum atomic E-state index is 12.0. The van der Waals surface area contributed by atoms with Crippen molar-refractivity contribution >= 4 is 0 Å². The average Bonchev–Trinajstić information content (AvgIpc) is 2.94. The lowest BCUT2D eigenvalue weighted by Gasteiger charge is -2.18. The Morgan fingerprint density at radius 3 is 2.67 bits per heavy atom. The first-order chi connectivity index (χ1) is 7.11. The third kappa shape index (κ3) is 5.65.